The molecular formula is C24H32Cl2N4O4S. The molecule has 0 aromatic heterocycles. The number of hydrogen-bond acceptors (Lipinski definition) is 4. The molecule has 1 N–H and O–H groups in total. The Bertz CT molecular complexity index is 1110. The molecule has 2 aromatic rings. The van der Waals surface area contributed by atoms with Crippen LogP contribution in [0.1, 0.15) is 32.8 Å². The molecule has 0 aliphatic rings. The summed E-state index contributed by atoms with van der Waals surface area (Å²) in [6, 6.07) is 12.3. The van der Waals surface area contributed by atoms with Gasteiger partial charge in [0.15, 0.2) is 0 Å². The number of benzene rings is 2. The van der Waals surface area contributed by atoms with E-state index < -0.39 is 28.7 Å². The van der Waals surface area contributed by atoms with Crippen molar-refractivity contribution in [2.45, 2.75) is 45.8 Å². The SMILES string of the molecule is CC[C@H](C(=O)NC(C)C)N(Cc1c(Cl)cccc1Cl)C(=O)CN(c1ccccc1)S(=O)(=O)N(C)C. The van der Waals surface area contributed by atoms with E-state index in [1.807, 2.05) is 13.8 Å². The lowest BCUT2D eigenvalue weighted by molar-refractivity contribution is -0.140. The highest BCUT2D eigenvalue weighted by molar-refractivity contribution is 7.90. The predicted molar refractivity (Wildman–Crippen MR) is 141 cm³/mol. The first-order valence-electron chi connectivity index (χ1n) is 11.2. The van der Waals surface area contributed by atoms with E-state index in [2.05, 4.69) is 5.32 Å². The van der Waals surface area contributed by atoms with Gasteiger partial charge < -0.3 is 10.2 Å². The van der Waals surface area contributed by atoms with Crippen LogP contribution in [0.4, 0.5) is 5.69 Å². The zero-order chi connectivity index (χ0) is 26.3. The van der Waals surface area contributed by atoms with E-state index in [9.17, 15) is 18.0 Å². The Morgan fingerprint density at radius 1 is 0.971 bits per heavy atom. The van der Waals surface area contributed by atoms with Gasteiger partial charge in [0.1, 0.15) is 12.6 Å². The first-order chi connectivity index (χ1) is 16.4. The van der Waals surface area contributed by atoms with Crippen molar-refractivity contribution < 1.29 is 18.0 Å². The van der Waals surface area contributed by atoms with Crippen LogP contribution < -0.4 is 9.62 Å². The van der Waals surface area contributed by atoms with E-state index in [1.165, 1.54) is 19.0 Å². The van der Waals surface area contributed by atoms with Crippen LogP contribution in [0.2, 0.25) is 10.0 Å². The van der Waals surface area contributed by atoms with Crippen LogP contribution in [0.15, 0.2) is 48.5 Å². The van der Waals surface area contributed by atoms with E-state index in [0.29, 0.717) is 27.7 Å². The fourth-order valence-electron chi connectivity index (χ4n) is 3.47. The highest BCUT2D eigenvalue weighted by atomic mass is 35.5. The standard InChI is InChI=1S/C24H32Cl2N4O4S/c1-6-22(24(32)27-17(2)3)29(15-19-20(25)13-10-14-21(19)26)23(31)16-30(35(33,34)28(4)5)18-11-8-7-9-12-18/h7-14,17,22H,6,15-16H2,1-5H3,(H,27,32)/t22-/m1/s1. The number of hydrogen-bond donors (Lipinski definition) is 1. The summed E-state index contributed by atoms with van der Waals surface area (Å²) < 4.78 is 28.3. The quantitative estimate of drug-likeness (QED) is 0.465. The summed E-state index contributed by atoms with van der Waals surface area (Å²) in [5.74, 6) is -0.915. The summed E-state index contributed by atoms with van der Waals surface area (Å²) in [7, 11) is -1.23. The van der Waals surface area contributed by atoms with Crippen molar-refractivity contribution in [2.24, 2.45) is 0 Å². The van der Waals surface area contributed by atoms with Crippen molar-refractivity contribution in [2.75, 3.05) is 24.9 Å². The van der Waals surface area contributed by atoms with Gasteiger partial charge in [-0.1, -0.05) is 54.4 Å². The van der Waals surface area contributed by atoms with Crippen molar-refractivity contribution in [3.63, 3.8) is 0 Å². The number of carbonyl (C=O) groups excluding carboxylic acids is 2. The van der Waals surface area contributed by atoms with Crippen molar-refractivity contribution in [3.8, 4) is 0 Å². The summed E-state index contributed by atoms with van der Waals surface area (Å²) in [5, 5.41) is 3.52. The normalized spacial score (nSPS) is 12.5. The number of amides is 2. The second kappa shape index (κ2) is 12.6. The summed E-state index contributed by atoms with van der Waals surface area (Å²) in [6.07, 6.45) is 0.304. The van der Waals surface area contributed by atoms with Crippen LogP contribution in [0.3, 0.4) is 0 Å². The number of carbonyl (C=O) groups is 2. The van der Waals surface area contributed by atoms with Gasteiger partial charge >= 0.3 is 10.2 Å². The first kappa shape index (κ1) is 28.9. The number of nitrogens with zero attached hydrogens (tertiary/aromatic N) is 3. The monoisotopic (exact) mass is 542 g/mol. The van der Waals surface area contributed by atoms with E-state index in [1.54, 1.807) is 55.5 Å². The summed E-state index contributed by atoms with van der Waals surface area (Å²) in [5.41, 5.74) is 0.798. The van der Waals surface area contributed by atoms with Crippen LogP contribution in [0.5, 0.6) is 0 Å². The summed E-state index contributed by atoms with van der Waals surface area (Å²) >= 11 is 12.7. The Hall–Kier alpha value is -2.33. The largest absolute Gasteiger partial charge is 0.352 e. The van der Waals surface area contributed by atoms with Crippen molar-refractivity contribution in [1.82, 2.24) is 14.5 Å². The van der Waals surface area contributed by atoms with E-state index in [4.69, 9.17) is 23.2 Å². The average Bonchev–Trinajstić information content (AvgIpc) is 2.78. The predicted octanol–water partition coefficient (Wildman–Crippen LogP) is 3.94. The molecule has 0 bridgehead atoms. The third kappa shape index (κ3) is 7.33. The number of nitrogens with one attached hydrogen (secondary N) is 1. The molecule has 0 saturated heterocycles. The third-order valence-corrected chi connectivity index (χ3v) is 7.80. The number of rotatable bonds is 11. The highest BCUT2D eigenvalue weighted by Gasteiger charge is 2.34. The van der Waals surface area contributed by atoms with Crippen molar-refractivity contribution in [3.05, 3.63) is 64.1 Å². The molecule has 2 aromatic carbocycles. The lowest BCUT2D eigenvalue weighted by Gasteiger charge is -2.34. The molecule has 2 rings (SSSR count). The van der Waals surface area contributed by atoms with Crippen molar-refractivity contribution in [1.29, 1.82) is 0 Å². The van der Waals surface area contributed by atoms with Gasteiger partial charge in [-0.05, 0) is 44.5 Å². The van der Waals surface area contributed by atoms with Crippen LogP contribution in [0, 0.1) is 0 Å². The van der Waals surface area contributed by atoms with E-state index >= 15 is 0 Å². The van der Waals surface area contributed by atoms with Crippen LogP contribution in [0.25, 0.3) is 0 Å². The molecule has 0 fully saturated rings. The molecule has 0 heterocycles. The Morgan fingerprint density at radius 3 is 2.03 bits per heavy atom. The minimum absolute atomic E-state index is 0.0635. The first-order valence-corrected chi connectivity index (χ1v) is 13.3. The molecule has 0 aliphatic heterocycles. The molecule has 192 valence electrons. The number of para-hydroxylation sites is 1. The van der Waals surface area contributed by atoms with Gasteiger partial charge in [0, 0.05) is 42.3 Å². The molecule has 0 spiro atoms. The van der Waals surface area contributed by atoms with E-state index in [-0.39, 0.29) is 18.5 Å². The van der Waals surface area contributed by atoms with Crippen LogP contribution in [-0.4, -0.2) is 62.2 Å². The minimum atomic E-state index is -4.01. The smallest absolute Gasteiger partial charge is 0.304 e. The van der Waals surface area contributed by atoms with Gasteiger partial charge in [-0.3, -0.25) is 9.59 Å². The Kier molecular flexibility index (Phi) is 10.4. The van der Waals surface area contributed by atoms with Crippen LogP contribution in [-0.2, 0) is 26.3 Å². The lowest BCUT2D eigenvalue weighted by atomic mass is 10.1. The van der Waals surface area contributed by atoms with Gasteiger partial charge in [-0.15, -0.1) is 0 Å². The zero-order valence-electron chi connectivity index (χ0n) is 20.5. The molecule has 2 amide bonds. The number of halogens is 2. The molecule has 1 atom stereocenters. The second-order valence-corrected chi connectivity index (χ2v) is 11.3. The van der Waals surface area contributed by atoms with Crippen molar-refractivity contribution >= 4 is 50.9 Å². The zero-order valence-corrected chi connectivity index (χ0v) is 22.9. The van der Waals surface area contributed by atoms with Gasteiger partial charge in [0.2, 0.25) is 11.8 Å². The topological polar surface area (TPSA) is 90.0 Å². The molecule has 0 unspecified atom stereocenters. The summed E-state index contributed by atoms with van der Waals surface area (Å²) in [4.78, 5) is 28.1. The molecule has 35 heavy (non-hydrogen) atoms. The molecule has 0 saturated carbocycles. The third-order valence-electron chi connectivity index (χ3n) is 5.27. The van der Waals surface area contributed by atoms with Gasteiger partial charge in [0.25, 0.3) is 0 Å². The Morgan fingerprint density at radius 2 is 1.54 bits per heavy atom. The molecule has 11 heteroatoms. The molecule has 0 aliphatic carbocycles. The van der Waals surface area contributed by atoms with Gasteiger partial charge in [0.05, 0.1) is 5.69 Å². The maximum atomic E-state index is 13.7. The maximum Gasteiger partial charge on any atom is 0.304 e. The Balaban J connectivity index is 2.54. The van der Waals surface area contributed by atoms with Gasteiger partial charge in [-0.2, -0.15) is 12.7 Å². The highest BCUT2D eigenvalue weighted by Crippen LogP contribution is 2.28. The molecule has 8 nitrogen and oxygen atoms in total. The fourth-order valence-corrected chi connectivity index (χ4v) is 5.04. The van der Waals surface area contributed by atoms with Crippen LogP contribution >= 0.6 is 23.2 Å². The average molecular weight is 544 g/mol. The Labute approximate surface area is 218 Å². The fraction of sp³-hybridized carbons (Fsp3) is 0.417. The maximum absolute atomic E-state index is 13.7. The van der Waals surface area contributed by atoms with Gasteiger partial charge in [-0.25, -0.2) is 4.31 Å². The number of anilines is 1. The molecular weight excluding hydrogens is 511 g/mol. The lowest BCUT2D eigenvalue weighted by Crippen LogP contribution is -2.54. The minimum Gasteiger partial charge on any atom is -0.352 e. The summed E-state index contributed by atoms with van der Waals surface area (Å²) in [6.45, 7) is 4.85. The van der Waals surface area contributed by atoms with E-state index in [0.717, 1.165) is 8.61 Å². The second-order valence-electron chi connectivity index (χ2n) is 8.44. The molecule has 0 radical (unpaired) electrons.